The number of fused-ring (bicyclic) bond motifs is 2. The van der Waals surface area contributed by atoms with E-state index in [1.807, 2.05) is 56.4 Å². The molecule has 1 atom stereocenters. The molecule has 0 saturated carbocycles. The van der Waals surface area contributed by atoms with Crippen LogP contribution in [0.3, 0.4) is 0 Å². The Morgan fingerprint density at radius 1 is 0.968 bits per heavy atom. The lowest BCUT2D eigenvalue weighted by molar-refractivity contribution is -0.131. The van der Waals surface area contributed by atoms with Crippen molar-refractivity contribution < 1.29 is 19.1 Å². The summed E-state index contributed by atoms with van der Waals surface area (Å²) in [5.41, 5.74) is 4.05. The summed E-state index contributed by atoms with van der Waals surface area (Å²) in [4.78, 5) is 24.3. The maximum absolute atomic E-state index is 13.0. The number of benzene rings is 3. The van der Waals surface area contributed by atoms with Crippen LogP contribution in [0.1, 0.15) is 39.7 Å². The van der Waals surface area contributed by atoms with Crippen LogP contribution in [0.4, 0.5) is 0 Å². The molecule has 154 valence electrons. The minimum atomic E-state index is -1.10. The van der Waals surface area contributed by atoms with Gasteiger partial charge in [0.2, 0.25) is 0 Å². The Morgan fingerprint density at radius 3 is 2.39 bits per heavy atom. The minimum absolute atomic E-state index is 0.355. The van der Waals surface area contributed by atoms with Gasteiger partial charge in [0.1, 0.15) is 5.75 Å². The first-order valence-corrected chi connectivity index (χ1v) is 10.1. The highest BCUT2D eigenvalue weighted by molar-refractivity contribution is 5.98. The summed E-state index contributed by atoms with van der Waals surface area (Å²) in [6.07, 6.45) is 0. The molecule has 0 fully saturated rings. The quantitative estimate of drug-likeness (QED) is 0.356. The lowest BCUT2D eigenvalue weighted by atomic mass is 9.78. The van der Waals surface area contributed by atoms with Gasteiger partial charge in [-0.15, -0.1) is 0 Å². The second-order valence-corrected chi connectivity index (χ2v) is 7.77. The molecule has 1 aromatic heterocycles. The van der Waals surface area contributed by atoms with Crippen molar-refractivity contribution in [2.24, 2.45) is 7.05 Å². The molecule has 0 spiro atoms. The number of ether oxygens (including phenoxy) is 2. The fourth-order valence-electron chi connectivity index (χ4n) is 4.65. The highest BCUT2D eigenvalue weighted by Crippen LogP contribution is 2.50. The fourth-order valence-corrected chi connectivity index (χ4v) is 4.65. The molecule has 31 heavy (non-hydrogen) atoms. The number of para-hydroxylation sites is 1. The number of hydrogen-bond acceptors (Lipinski definition) is 4. The number of rotatable bonds is 3. The fraction of sp³-hybridized carbons (Fsp3) is 0.154. The predicted octanol–water partition coefficient (Wildman–Crippen LogP) is 4.87. The molecule has 5 heteroatoms. The summed E-state index contributed by atoms with van der Waals surface area (Å²) in [7, 11) is 2.02. The molecule has 4 aromatic rings. The van der Waals surface area contributed by atoms with E-state index >= 15 is 0 Å². The molecule has 0 N–H and O–H groups in total. The molecule has 1 aliphatic heterocycles. The summed E-state index contributed by atoms with van der Waals surface area (Å²) < 4.78 is 13.6. The zero-order valence-corrected chi connectivity index (χ0v) is 17.5. The molecule has 0 bridgehead atoms. The highest BCUT2D eigenvalue weighted by atomic mass is 16.6. The van der Waals surface area contributed by atoms with Crippen LogP contribution in [0.25, 0.3) is 10.9 Å². The van der Waals surface area contributed by atoms with E-state index in [0.29, 0.717) is 11.3 Å². The minimum Gasteiger partial charge on any atom is -0.440 e. The third kappa shape index (κ3) is 2.70. The third-order valence-corrected chi connectivity index (χ3v) is 6.05. The number of nitrogens with zero attached hydrogens (tertiary/aromatic N) is 1. The van der Waals surface area contributed by atoms with Crippen LogP contribution in [0.15, 0.2) is 72.8 Å². The number of esters is 2. The van der Waals surface area contributed by atoms with Crippen molar-refractivity contribution in [3.8, 4) is 5.75 Å². The monoisotopic (exact) mass is 411 g/mol. The van der Waals surface area contributed by atoms with Gasteiger partial charge in [-0.25, -0.2) is 4.79 Å². The van der Waals surface area contributed by atoms with Crippen LogP contribution < -0.4 is 4.74 Å². The predicted molar refractivity (Wildman–Crippen MR) is 117 cm³/mol. The first kappa shape index (κ1) is 19.1. The number of aromatic nitrogens is 1. The maximum atomic E-state index is 13.0. The Morgan fingerprint density at radius 2 is 1.65 bits per heavy atom. The molecule has 0 radical (unpaired) electrons. The molecule has 0 aliphatic carbocycles. The Balaban J connectivity index is 1.85. The number of cyclic esters (lactones) is 1. The van der Waals surface area contributed by atoms with Gasteiger partial charge in [0.05, 0.1) is 5.56 Å². The zero-order valence-electron chi connectivity index (χ0n) is 17.5. The molecule has 0 amide bonds. The van der Waals surface area contributed by atoms with Gasteiger partial charge >= 0.3 is 11.9 Å². The first-order chi connectivity index (χ1) is 14.9. The summed E-state index contributed by atoms with van der Waals surface area (Å²) >= 11 is 0. The summed E-state index contributed by atoms with van der Waals surface area (Å²) in [6, 6.07) is 22.8. The SMILES string of the molecule is CC(=O)Oc1ccc(C2(c3c(C)n(C)c4ccccc34)OC(=O)c3ccccc32)cc1. The second kappa shape index (κ2) is 6.84. The van der Waals surface area contributed by atoms with Crippen molar-refractivity contribution in [3.05, 3.63) is 101 Å². The van der Waals surface area contributed by atoms with Crippen LogP contribution >= 0.6 is 0 Å². The van der Waals surface area contributed by atoms with Gasteiger partial charge in [0.25, 0.3) is 0 Å². The van der Waals surface area contributed by atoms with E-state index in [0.717, 1.165) is 33.3 Å². The molecule has 2 heterocycles. The molecule has 1 aliphatic rings. The molecule has 1 unspecified atom stereocenters. The van der Waals surface area contributed by atoms with Gasteiger partial charge in [0, 0.05) is 47.3 Å². The molecule has 3 aromatic carbocycles. The van der Waals surface area contributed by atoms with E-state index < -0.39 is 5.60 Å². The van der Waals surface area contributed by atoms with E-state index in [2.05, 4.69) is 16.7 Å². The average molecular weight is 411 g/mol. The topological polar surface area (TPSA) is 57.5 Å². The van der Waals surface area contributed by atoms with Crippen LogP contribution in [0.5, 0.6) is 5.75 Å². The Hall–Kier alpha value is -3.86. The first-order valence-electron chi connectivity index (χ1n) is 10.1. The zero-order chi connectivity index (χ0) is 21.8. The molecule has 5 nitrogen and oxygen atoms in total. The lowest BCUT2D eigenvalue weighted by Crippen LogP contribution is -2.30. The summed E-state index contributed by atoms with van der Waals surface area (Å²) in [5, 5.41) is 1.02. The molecular formula is C26H21NO4. The largest absolute Gasteiger partial charge is 0.440 e. The van der Waals surface area contributed by atoms with E-state index in [-0.39, 0.29) is 11.9 Å². The normalized spacial score (nSPS) is 17.5. The summed E-state index contributed by atoms with van der Waals surface area (Å²) in [6.45, 7) is 3.41. The Bertz CT molecular complexity index is 1350. The molecule has 5 rings (SSSR count). The number of hydrogen-bond donors (Lipinski definition) is 0. The van der Waals surface area contributed by atoms with Crippen molar-refractivity contribution in [3.63, 3.8) is 0 Å². The second-order valence-electron chi connectivity index (χ2n) is 7.77. The van der Waals surface area contributed by atoms with Crippen LogP contribution in [-0.4, -0.2) is 16.5 Å². The van der Waals surface area contributed by atoms with Crippen LogP contribution in [0.2, 0.25) is 0 Å². The van der Waals surface area contributed by atoms with E-state index in [4.69, 9.17) is 9.47 Å². The Labute approximate surface area is 179 Å². The molecule has 0 saturated heterocycles. The number of aryl methyl sites for hydroxylation is 1. The van der Waals surface area contributed by atoms with Crippen molar-refractivity contribution in [2.45, 2.75) is 19.4 Å². The van der Waals surface area contributed by atoms with Gasteiger partial charge in [-0.3, -0.25) is 4.79 Å². The van der Waals surface area contributed by atoms with Crippen LogP contribution in [0, 0.1) is 6.92 Å². The van der Waals surface area contributed by atoms with E-state index in [9.17, 15) is 9.59 Å². The number of carbonyl (C=O) groups is 2. The van der Waals surface area contributed by atoms with Gasteiger partial charge in [-0.05, 0) is 31.2 Å². The van der Waals surface area contributed by atoms with Gasteiger partial charge in [0.15, 0.2) is 5.60 Å². The van der Waals surface area contributed by atoms with Gasteiger partial charge in [-0.1, -0.05) is 48.5 Å². The maximum Gasteiger partial charge on any atom is 0.340 e. The summed E-state index contributed by atoms with van der Waals surface area (Å²) in [5.74, 6) is -0.296. The van der Waals surface area contributed by atoms with Crippen molar-refractivity contribution in [2.75, 3.05) is 0 Å². The van der Waals surface area contributed by atoms with Crippen LogP contribution in [-0.2, 0) is 22.2 Å². The van der Waals surface area contributed by atoms with Gasteiger partial charge < -0.3 is 14.0 Å². The van der Waals surface area contributed by atoms with E-state index in [1.165, 1.54) is 6.92 Å². The standard InChI is InChI=1S/C26H21NO4/c1-16-24(21-9-5-7-11-23(21)27(16)3)26(18-12-14-19(15-13-18)30-17(2)28)22-10-6-4-8-20(22)25(29)31-26/h4-15H,1-3H3. The third-order valence-electron chi connectivity index (χ3n) is 6.05. The Kier molecular flexibility index (Phi) is 4.22. The van der Waals surface area contributed by atoms with Gasteiger partial charge in [-0.2, -0.15) is 0 Å². The van der Waals surface area contributed by atoms with Crippen molar-refractivity contribution in [1.29, 1.82) is 0 Å². The lowest BCUT2D eigenvalue weighted by Gasteiger charge is -2.31. The highest BCUT2D eigenvalue weighted by Gasteiger charge is 2.50. The smallest absolute Gasteiger partial charge is 0.340 e. The van der Waals surface area contributed by atoms with E-state index in [1.54, 1.807) is 18.2 Å². The van der Waals surface area contributed by atoms with Crippen molar-refractivity contribution >= 4 is 22.8 Å². The van der Waals surface area contributed by atoms with Crippen molar-refractivity contribution in [1.82, 2.24) is 4.57 Å². The molecular weight excluding hydrogens is 390 g/mol. The average Bonchev–Trinajstić information content (AvgIpc) is 3.21. The number of carbonyl (C=O) groups excluding carboxylic acids is 2.